The molecule has 4 aliphatic rings. The van der Waals surface area contributed by atoms with Crippen LogP contribution in [0.25, 0.3) is 22.5 Å². The number of hydrogen-bond acceptors (Lipinski definition) is 6. The van der Waals surface area contributed by atoms with E-state index in [2.05, 4.69) is 42.4 Å². The fraction of sp³-hybridized carbons (Fsp3) is 0.429. The van der Waals surface area contributed by atoms with Crippen LogP contribution < -0.4 is 10.6 Å². The van der Waals surface area contributed by atoms with Crippen molar-refractivity contribution >= 4 is 23.6 Å². The Morgan fingerprint density at radius 2 is 1.02 bits per heavy atom. The molecule has 0 radical (unpaired) electrons. The van der Waals surface area contributed by atoms with Gasteiger partial charge < -0.3 is 30.4 Å². The number of aromatic amines is 2. The van der Waals surface area contributed by atoms with Crippen molar-refractivity contribution in [3.8, 4) is 34.4 Å². The number of H-pyrrole nitrogens is 2. The van der Waals surface area contributed by atoms with E-state index in [0.29, 0.717) is 13.1 Å². The zero-order valence-corrected chi connectivity index (χ0v) is 30.7. The van der Waals surface area contributed by atoms with E-state index < -0.39 is 12.1 Å². The highest BCUT2D eigenvalue weighted by atomic mass is 16.2. The van der Waals surface area contributed by atoms with E-state index in [1.807, 2.05) is 58.3 Å². The quantitative estimate of drug-likeness (QED) is 0.168. The molecule has 8 rings (SSSR count). The number of nitrogens with zero attached hydrogens (tertiary/aromatic N) is 4. The summed E-state index contributed by atoms with van der Waals surface area (Å²) in [4.78, 5) is 70.7. The number of imidazole rings is 2. The first kappa shape index (κ1) is 35.3. The third-order valence-corrected chi connectivity index (χ3v) is 11.0. The average molecular weight is 727 g/mol. The molecule has 4 aromatic rings. The van der Waals surface area contributed by atoms with Gasteiger partial charge in [-0.15, -0.1) is 0 Å². The fourth-order valence-corrected chi connectivity index (χ4v) is 7.52. The summed E-state index contributed by atoms with van der Waals surface area (Å²) in [7, 11) is 0. The normalized spacial score (nSPS) is 20.6. The first-order valence-corrected chi connectivity index (χ1v) is 19.3. The Morgan fingerprint density at radius 1 is 0.630 bits per heavy atom. The molecule has 12 heteroatoms. The summed E-state index contributed by atoms with van der Waals surface area (Å²) >= 11 is 0. The molecule has 2 aromatic carbocycles. The summed E-state index contributed by atoms with van der Waals surface area (Å²) in [6, 6.07) is 14.6. The number of carbonyl (C=O) groups excluding carboxylic acids is 4. The van der Waals surface area contributed by atoms with Crippen LogP contribution in [0.5, 0.6) is 0 Å². The van der Waals surface area contributed by atoms with E-state index in [0.717, 1.165) is 96.7 Å². The van der Waals surface area contributed by atoms with Crippen LogP contribution in [-0.2, 0) is 19.2 Å². The summed E-state index contributed by atoms with van der Waals surface area (Å²) in [5, 5.41) is 5.77. The molecule has 4 atom stereocenters. The van der Waals surface area contributed by atoms with Gasteiger partial charge in [-0.1, -0.05) is 36.1 Å². The molecule has 2 aliphatic heterocycles. The lowest BCUT2D eigenvalue weighted by atomic mass is 10.1. The summed E-state index contributed by atoms with van der Waals surface area (Å²) in [6.45, 7) is 4.82. The highest BCUT2D eigenvalue weighted by Gasteiger charge is 2.38. The van der Waals surface area contributed by atoms with Gasteiger partial charge in [0.05, 0.1) is 35.9 Å². The molecule has 54 heavy (non-hydrogen) atoms. The van der Waals surface area contributed by atoms with Gasteiger partial charge in [-0.2, -0.15) is 0 Å². The molecule has 4 heterocycles. The predicted molar refractivity (Wildman–Crippen MR) is 202 cm³/mol. The SMILES string of the molecule is CC(NC(=O)C1CC1)C(=O)N1CCCC1c1ncc(-c2ccc(C#Cc3ccc(-c4cnc(C5CCCN5C(=O)C(C)NC(=O)C5CC5)[nH]4)cc3)cc2)[nH]1. The molecule has 2 aromatic heterocycles. The van der Waals surface area contributed by atoms with Gasteiger partial charge >= 0.3 is 0 Å². The van der Waals surface area contributed by atoms with Gasteiger partial charge in [0.1, 0.15) is 23.7 Å². The van der Waals surface area contributed by atoms with Crippen LogP contribution in [-0.4, -0.2) is 78.5 Å². The van der Waals surface area contributed by atoms with Gasteiger partial charge in [-0.25, -0.2) is 9.97 Å². The van der Waals surface area contributed by atoms with Crippen molar-refractivity contribution in [3.63, 3.8) is 0 Å². The number of carbonyl (C=O) groups is 4. The first-order valence-electron chi connectivity index (χ1n) is 19.3. The van der Waals surface area contributed by atoms with Crippen molar-refractivity contribution in [2.45, 2.75) is 89.4 Å². The highest BCUT2D eigenvalue weighted by molar-refractivity contribution is 5.90. The molecule has 4 N–H and O–H groups in total. The Balaban J connectivity index is 0.867. The van der Waals surface area contributed by atoms with Crippen molar-refractivity contribution in [2.75, 3.05) is 13.1 Å². The summed E-state index contributed by atoms with van der Waals surface area (Å²) in [5.41, 5.74) is 5.46. The smallest absolute Gasteiger partial charge is 0.245 e. The van der Waals surface area contributed by atoms with Crippen molar-refractivity contribution in [1.29, 1.82) is 0 Å². The predicted octanol–water partition coefficient (Wildman–Crippen LogP) is 5.02. The third kappa shape index (κ3) is 7.67. The summed E-state index contributed by atoms with van der Waals surface area (Å²) in [6.07, 6.45) is 10.7. The monoisotopic (exact) mass is 726 g/mol. The average Bonchev–Trinajstić information content (AvgIpc) is 3.95. The maximum Gasteiger partial charge on any atom is 0.245 e. The summed E-state index contributed by atoms with van der Waals surface area (Å²) in [5.74, 6) is 7.96. The molecule has 4 fully saturated rings. The van der Waals surface area contributed by atoms with Gasteiger partial charge in [-0.3, -0.25) is 19.2 Å². The lowest BCUT2D eigenvalue weighted by Gasteiger charge is -2.26. The van der Waals surface area contributed by atoms with Gasteiger partial charge in [0.2, 0.25) is 23.6 Å². The number of aromatic nitrogens is 4. The minimum absolute atomic E-state index is 0.0239. The van der Waals surface area contributed by atoms with Crippen LogP contribution in [0.15, 0.2) is 60.9 Å². The van der Waals surface area contributed by atoms with Crippen molar-refractivity contribution < 1.29 is 19.2 Å². The van der Waals surface area contributed by atoms with Crippen molar-refractivity contribution in [1.82, 2.24) is 40.4 Å². The van der Waals surface area contributed by atoms with Gasteiger partial charge in [0.15, 0.2) is 0 Å². The molecule has 0 bridgehead atoms. The van der Waals surface area contributed by atoms with E-state index in [4.69, 9.17) is 0 Å². The largest absolute Gasteiger partial charge is 0.344 e. The first-order chi connectivity index (χ1) is 26.2. The number of hydrogen-bond donors (Lipinski definition) is 4. The van der Waals surface area contributed by atoms with E-state index in [1.165, 1.54) is 0 Å². The third-order valence-electron chi connectivity index (χ3n) is 11.0. The second-order valence-corrected chi connectivity index (χ2v) is 15.2. The van der Waals surface area contributed by atoms with Crippen LogP contribution in [0.2, 0.25) is 0 Å². The Bertz CT molecular complexity index is 1950. The lowest BCUT2D eigenvalue weighted by molar-refractivity contribution is -0.137. The molecular formula is C42H46N8O4. The minimum atomic E-state index is -0.555. The van der Waals surface area contributed by atoms with E-state index in [9.17, 15) is 19.2 Å². The van der Waals surface area contributed by atoms with E-state index >= 15 is 0 Å². The van der Waals surface area contributed by atoms with Crippen LogP contribution in [0.3, 0.4) is 0 Å². The van der Waals surface area contributed by atoms with Crippen LogP contribution in [0.1, 0.15) is 100 Å². The molecule has 0 spiro atoms. The number of amides is 4. The maximum atomic E-state index is 13.2. The number of benzene rings is 2. The van der Waals surface area contributed by atoms with E-state index in [-0.39, 0.29) is 47.5 Å². The molecule has 2 saturated heterocycles. The Hall–Kier alpha value is -5.70. The lowest BCUT2D eigenvalue weighted by Crippen LogP contribution is -2.47. The zero-order valence-electron chi connectivity index (χ0n) is 30.7. The molecule has 2 saturated carbocycles. The van der Waals surface area contributed by atoms with E-state index in [1.54, 1.807) is 26.2 Å². The Kier molecular flexibility index (Phi) is 9.80. The number of likely N-dealkylation sites (tertiary alicyclic amines) is 2. The van der Waals surface area contributed by atoms with Gasteiger partial charge in [0.25, 0.3) is 0 Å². The number of rotatable bonds is 10. The van der Waals surface area contributed by atoms with Crippen molar-refractivity contribution in [3.05, 3.63) is 83.7 Å². The second kappa shape index (κ2) is 15.0. The molecule has 2 aliphatic carbocycles. The molecule has 12 nitrogen and oxygen atoms in total. The molecular weight excluding hydrogens is 681 g/mol. The molecule has 4 amide bonds. The molecule has 4 unspecified atom stereocenters. The van der Waals surface area contributed by atoms with Crippen LogP contribution >= 0.6 is 0 Å². The van der Waals surface area contributed by atoms with Crippen LogP contribution in [0, 0.1) is 23.7 Å². The second-order valence-electron chi connectivity index (χ2n) is 15.2. The van der Waals surface area contributed by atoms with Crippen LogP contribution in [0.4, 0.5) is 0 Å². The highest BCUT2D eigenvalue weighted by Crippen LogP contribution is 2.34. The topological polar surface area (TPSA) is 156 Å². The van der Waals surface area contributed by atoms with Crippen molar-refractivity contribution in [2.24, 2.45) is 11.8 Å². The standard InChI is InChI=1S/C42H46N8O4/c1-25(45-39(51)31-17-18-31)41(53)49-21-3-5-35(49)37-43-23-33(47-37)29-13-9-27(10-14-29)7-8-28-11-15-30(16-12-28)34-24-44-38(48-34)36-6-4-22-50(36)42(54)26(2)46-40(52)32-19-20-32/h9-16,23-26,31-32,35-36H,3-6,17-22H2,1-2H3,(H,43,47)(H,44,48)(H,45,51)(H,46,52). The Morgan fingerprint density at radius 3 is 1.39 bits per heavy atom. The zero-order chi connectivity index (χ0) is 37.3. The Labute approximate surface area is 314 Å². The fourth-order valence-electron chi connectivity index (χ4n) is 7.52. The van der Waals surface area contributed by atoms with Gasteiger partial charge in [0, 0.05) is 36.1 Å². The number of nitrogens with one attached hydrogen (secondary N) is 4. The molecule has 278 valence electrons. The van der Waals surface area contributed by atoms with Gasteiger partial charge in [-0.05, 0) is 101 Å². The maximum absolute atomic E-state index is 13.2. The minimum Gasteiger partial charge on any atom is -0.344 e. The summed E-state index contributed by atoms with van der Waals surface area (Å²) < 4.78 is 0.